The second kappa shape index (κ2) is 8.93. The highest BCUT2D eigenvalue weighted by Gasteiger charge is 2.15. The summed E-state index contributed by atoms with van der Waals surface area (Å²) in [6.45, 7) is 1.71. The van der Waals surface area contributed by atoms with E-state index in [0.29, 0.717) is 11.8 Å². The number of rotatable bonds is 9. The maximum absolute atomic E-state index is 12.1. The molecule has 3 aromatic rings. The van der Waals surface area contributed by atoms with Gasteiger partial charge in [-0.2, -0.15) is 13.4 Å². The third kappa shape index (κ3) is 5.69. The monoisotopic (exact) mass is 419 g/mol. The maximum atomic E-state index is 12.1. The number of aromatic nitrogens is 2. The van der Waals surface area contributed by atoms with Gasteiger partial charge >= 0.3 is 0 Å². The molecule has 0 fully saturated rings. The van der Waals surface area contributed by atoms with E-state index in [1.807, 2.05) is 21.0 Å². The Morgan fingerprint density at radius 3 is 2.52 bits per heavy atom. The van der Waals surface area contributed by atoms with Gasteiger partial charge < -0.3 is 18.5 Å². The van der Waals surface area contributed by atoms with Gasteiger partial charge in [-0.1, -0.05) is 17.7 Å². The first kappa shape index (κ1) is 20.6. The Morgan fingerprint density at radius 2 is 1.83 bits per heavy atom. The molecule has 0 aliphatic rings. The van der Waals surface area contributed by atoms with Gasteiger partial charge in [0.05, 0.1) is 11.1 Å². The lowest BCUT2D eigenvalue weighted by atomic mass is 10.2. The van der Waals surface area contributed by atoms with Crippen LogP contribution in [0.15, 0.2) is 50.5 Å². The number of oxazole rings is 2. The van der Waals surface area contributed by atoms with E-state index in [1.54, 1.807) is 35.4 Å². The molecule has 0 saturated carbocycles. The molecule has 0 spiro atoms. The summed E-state index contributed by atoms with van der Waals surface area (Å²) in [5.74, 6) is 1.53. The molecule has 2 aromatic heterocycles. The SMILES string of the molecule is Cc1ccc(S(=O)(=O)OCCOc2coc(/C=C/c3ncc(N(C)C)o3)n2)cc1. The standard InChI is InChI=1S/C19H21N3O6S/c1-14-4-6-15(7-5-14)29(23,24)27-11-10-25-18-13-26-17(21-18)9-8-16-20-12-19(28-16)22(2)3/h4-9,12-13H,10-11H2,1-3H3/b9-8+. The van der Waals surface area contributed by atoms with E-state index < -0.39 is 10.1 Å². The van der Waals surface area contributed by atoms with Gasteiger partial charge in [-0.25, -0.2) is 4.98 Å². The lowest BCUT2D eigenvalue weighted by Crippen LogP contribution is -2.13. The Hall–Kier alpha value is -3.11. The maximum Gasteiger partial charge on any atom is 0.297 e. The third-order valence-electron chi connectivity index (χ3n) is 3.70. The van der Waals surface area contributed by atoms with E-state index in [9.17, 15) is 8.42 Å². The summed E-state index contributed by atoms with van der Waals surface area (Å²) in [5, 5.41) is 0. The van der Waals surface area contributed by atoms with Crippen molar-refractivity contribution in [3.05, 3.63) is 54.1 Å². The van der Waals surface area contributed by atoms with Crippen molar-refractivity contribution in [2.75, 3.05) is 32.2 Å². The van der Waals surface area contributed by atoms with Crippen LogP contribution in [0.5, 0.6) is 5.88 Å². The molecular weight excluding hydrogens is 398 g/mol. The summed E-state index contributed by atoms with van der Waals surface area (Å²) >= 11 is 0. The van der Waals surface area contributed by atoms with Crippen LogP contribution in [0.25, 0.3) is 12.2 Å². The second-order valence-electron chi connectivity index (χ2n) is 6.23. The summed E-state index contributed by atoms with van der Waals surface area (Å²) in [4.78, 5) is 10.1. The van der Waals surface area contributed by atoms with Gasteiger partial charge in [0.25, 0.3) is 16.0 Å². The van der Waals surface area contributed by atoms with Crippen LogP contribution < -0.4 is 9.64 Å². The van der Waals surface area contributed by atoms with E-state index in [1.165, 1.54) is 18.4 Å². The lowest BCUT2D eigenvalue weighted by Gasteiger charge is -2.06. The topological polar surface area (TPSA) is 108 Å². The van der Waals surface area contributed by atoms with Crippen LogP contribution in [0.3, 0.4) is 0 Å². The predicted octanol–water partition coefficient (Wildman–Crippen LogP) is 2.99. The minimum Gasteiger partial charge on any atom is -0.473 e. The van der Waals surface area contributed by atoms with Crippen molar-refractivity contribution in [2.45, 2.75) is 11.8 Å². The molecule has 9 nitrogen and oxygen atoms in total. The van der Waals surface area contributed by atoms with Crippen LogP contribution in [0.4, 0.5) is 5.88 Å². The molecule has 0 unspecified atom stereocenters. The highest BCUT2D eigenvalue weighted by Crippen LogP contribution is 2.17. The molecule has 0 amide bonds. The number of ether oxygens (including phenoxy) is 1. The van der Waals surface area contributed by atoms with Gasteiger partial charge in [-0.05, 0) is 19.1 Å². The average molecular weight is 419 g/mol. The van der Waals surface area contributed by atoms with Crippen LogP contribution >= 0.6 is 0 Å². The van der Waals surface area contributed by atoms with Gasteiger partial charge in [-0.3, -0.25) is 4.18 Å². The van der Waals surface area contributed by atoms with Gasteiger partial charge in [0.2, 0.25) is 17.7 Å². The Morgan fingerprint density at radius 1 is 1.10 bits per heavy atom. The smallest absolute Gasteiger partial charge is 0.297 e. The Kier molecular flexibility index (Phi) is 6.35. The molecule has 0 atom stereocenters. The van der Waals surface area contributed by atoms with Crippen LogP contribution in [-0.2, 0) is 14.3 Å². The highest BCUT2D eigenvalue weighted by molar-refractivity contribution is 7.86. The fraction of sp³-hybridized carbons (Fsp3) is 0.263. The summed E-state index contributed by atoms with van der Waals surface area (Å²) in [6.07, 6.45) is 6.11. The zero-order valence-corrected chi connectivity index (χ0v) is 17.0. The minimum atomic E-state index is -3.83. The van der Waals surface area contributed by atoms with E-state index in [0.717, 1.165) is 5.56 Å². The highest BCUT2D eigenvalue weighted by atomic mass is 32.2. The molecule has 29 heavy (non-hydrogen) atoms. The number of hydrogen-bond donors (Lipinski definition) is 0. The van der Waals surface area contributed by atoms with Crippen LogP contribution in [-0.4, -0.2) is 45.7 Å². The summed E-state index contributed by atoms with van der Waals surface area (Å²) < 4.78 is 45.2. The van der Waals surface area contributed by atoms with Crippen LogP contribution in [0.1, 0.15) is 17.3 Å². The van der Waals surface area contributed by atoms with Crippen molar-refractivity contribution in [3.8, 4) is 5.88 Å². The molecule has 0 radical (unpaired) electrons. The lowest BCUT2D eigenvalue weighted by molar-refractivity contribution is 0.215. The Labute approximate surface area is 168 Å². The van der Waals surface area contributed by atoms with Crippen LogP contribution in [0, 0.1) is 6.92 Å². The normalized spacial score (nSPS) is 11.8. The molecule has 3 rings (SSSR count). The van der Waals surface area contributed by atoms with Gasteiger partial charge in [-0.15, -0.1) is 0 Å². The summed E-state index contributed by atoms with van der Waals surface area (Å²) in [7, 11) is -0.128. The average Bonchev–Trinajstić information content (AvgIpc) is 3.33. The zero-order chi connectivity index (χ0) is 20.9. The number of anilines is 1. The number of nitrogens with zero attached hydrogens (tertiary/aromatic N) is 3. The number of benzene rings is 1. The Balaban J connectivity index is 1.47. The molecule has 0 aliphatic carbocycles. The third-order valence-corrected chi connectivity index (χ3v) is 5.03. The number of aryl methyl sites for hydroxylation is 1. The van der Waals surface area contributed by atoms with E-state index in [2.05, 4.69) is 9.97 Å². The number of hydrogen-bond acceptors (Lipinski definition) is 9. The van der Waals surface area contributed by atoms with Crippen LogP contribution in [0.2, 0.25) is 0 Å². The van der Waals surface area contributed by atoms with Gasteiger partial charge in [0, 0.05) is 26.2 Å². The van der Waals surface area contributed by atoms with Crippen molar-refractivity contribution in [1.29, 1.82) is 0 Å². The largest absolute Gasteiger partial charge is 0.473 e. The van der Waals surface area contributed by atoms with Crippen molar-refractivity contribution < 1.29 is 26.2 Å². The first-order valence-electron chi connectivity index (χ1n) is 8.69. The molecule has 2 heterocycles. The summed E-state index contributed by atoms with van der Waals surface area (Å²) in [6, 6.07) is 6.40. The molecule has 0 aliphatic heterocycles. The van der Waals surface area contributed by atoms with Crippen molar-refractivity contribution >= 4 is 28.2 Å². The predicted molar refractivity (Wildman–Crippen MR) is 106 cm³/mol. The molecule has 0 N–H and O–H groups in total. The molecule has 154 valence electrons. The molecule has 1 aromatic carbocycles. The summed E-state index contributed by atoms with van der Waals surface area (Å²) in [5.41, 5.74) is 0.962. The fourth-order valence-corrected chi connectivity index (χ4v) is 3.08. The molecule has 0 bridgehead atoms. The van der Waals surface area contributed by atoms with Crippen molar-refractivity contribution in [1.82, 2.24) is 9.97 Å². The van der Waals surface area contributed by atoms with E-state index in [-0.39, 0.29) is 29.9 Å². The van der Waals surface area contributed by atoms with Gasteiger partial charge in [0.15, 0.2) is 6.26 Å². The van der Waals surface area contributed by atoms with Crippen molar-refractivity contribution in [3.63, 3.8) is 0 Å². The Bertz CT molecular complexity index is 1070. The van der Waals surface area contributed by atoms with E-state index in [4.69, 9.17) is 17.8 Å². The molecular formula is C19H21N3O6S. The van der Waals surface area contributed by atoms with E-state index >= 15 is 0 Å². The molecule has 10 heteroatoms. The van der Waals surface area contributed by atoms with Crippen molar-refractivity contribution in [2.24, 2.45) is 0 Å². The zero-order valence-electron chi connectivity index (χ0n) is 16.2. The first-order chi connectivity index (χ1) is 13.8. The second-order valence-corrected chi connectivity index (χ2v) is 7.84. The van der Waals surface area contributed by atoms with Gasteiger partial charge in [0.1, 0.15) is 13.2 Å². The first-order valence-corrected chi connectivity index (χ1v) is 10.1. The molecule has 0 saturated heterocycles. The minimum absolute atomic E-state index is 0.00723. The quantitative estimate of drug-likeness (QED) is 0.382. The fourth-order valence-electron chi connectivity index (χ4n) is 2.18.